The number of amides is 2. The lowest BCUT2D eigenvalue weighted by Crippen LogP contribution is -2.29. The van der Waals surface area contributed by atoms with E-state index < -0.39 is 0 Å². The van der Waals surface area contributed by atoms with Gasteiger partial charge >= 0.3 is 0 Å². The van der Waals surface area contributed by atoms with E-state index in [1.54, 1.807) is 12.1 Å². The van der Waals surface area contributed by atoms with Gasteiger partial charge in [-0.15, -0.1) is 11.8 Å². The second-order valence-electron chi connectivity index (χ2n) is 8.86. The molecule has 7 heteroatoms. The first kappa shape index (κ1) is 24.0. The van der Waals surface area contributed by atoms with Crippen molar-refractivity contribution < 1.29 is 19.1 Å². The number of carbonyl (C=O) groups excluding carboxylic acids is 2. The number of anilines is 1. The highest BCUT2D eigenvalue weighted by Gasteiger charge is 2.25. The Morgan fingerprint density at radius 2 is 1.59 bits per heavy atom. The molecule has 32 heavy (non-hydrogen) atoms. The number of likely N-dealkylation sites (tertiary alicyclic amines) is 1. The summed E-state index contributed by atoms with van der Waals surface area (Å²) in [7, 11) is 3.06. The van der Waals surface area contributed by atoms with Gasteiger partial charge in [0.2, 0.25) is 5.91 Å². The number of ether oxygens (including phenoxy) is 2. The van der Waals surface area contributed by atoms with Crippen LogP contribution in [0, 0.1) is 0 Å². The zero-order valence-corrected chi connectivity index (χ0v) is 20.3. The van der Waals surface area contributed by atoms with Crippen molar-refractivity contribution in [1.82, 2.24) is 4.90 Å². The Hall–Kier alpha value is -2.67. The van der Waals surface area contributed by atoms with E-state index in [4.69, 9.17) is 9.47 Å². The normalized spacial score (nSPS) is 13.7. The summed E-state index contributed by atoms with van der Waals surface area (Å²) in [5, 5.41) is 2.90. The molecule has 2 aromatic rings. The van der Waals surface area contributed by atoms with E-state index in [1.807, 2.05) is 17.0 Å². The summed E-state index contributed by atoms with van der Waals surface area (Å²) in [6.45, 7) is 7.97. The number of carbonyl (C=O) groups is 2. The van der Waals surface area contributed by atoms with E-state index in [0.29, 0.717) is 22.7 Å². The van der Waals surface area contributed by atoms with Gasteiger partial charge in [-0.3, -0.25) is 9.59 Å². The van der Waals surface area contributed by atoms with Gasteiger partial charge in [-0.05, 0) is 42.0 Å². The number of methoxy groups -OCH3 is 2. The van der Waals surface area contributed by atoms with Gasteiger partial charge in [-0.2, -0.15) is 0 Å². The Morgan fingerprint density at radius 3 is 2.16 bits per heavy atom. The Labute approximate surface area is 194 Å². The molecule has 2 amide bonds. The molecule has 1 fully saturated rings. The summed E-state index contributed by atoms with van der Waals surface area (Å²) >= 11 is 1.46. The van der Waals surface area contributed by atoms with Crippen LogP contribution in [0.3, 0.4) is 0 Å². The molecule has 1 heterocycles. The van der Waals surface area contributed by atoms with E-state index in [-0.39, 0.29) is 23.0 Å². The maximum absolute atomic E-state index is 13.1. The van der Waals surface area contributed by atoms with Gasteiger partial charge in [0.25, 0.3) is 5.91 Å². The molecule has 3 rings (SSSR count). The van der Waals surface area contributed by atoms with Gasteiger partial charge < -0.3 is 19.7 Å². The standard InChI is InChI=1S/C25H32N2O4S/c1-25(2,3)17-8-10-18(11-9-17)32-16-23(28)26-20-15-22(31-5)21(30-4)14-19(20)24(29)27-12-6-7-13-27/h8-11,14-15H,6-7,12-13,16H2,1-5H3,(H,26,28). The number of thioether (sulfide) groups is 1. The second-order valence-corrected chi connectivity index (χ2v) is 9.91. The van der Waals surface area contributed by atoms with Crippen molar-refractivity contribution in [3.8, 4) is 11.5 Å². The molecule has 0 saturated carbocycles. The first-order chi connectivity index (χ1) is 15.2. The van der Waals surface area contributed by atoms with Crippen LogP contribution in [-0.4, -0.2) is 49.8 Å². The maximum atomic E-state index is 13.1. The zero-order valence-electron chi connectivity index (χ0n) is 19.5. The van der Waals surface area contributed by atoms with Crippen LogP contribution < -0.4 is 14.8 Å². The SMILES string of the molecule is COc1cc(NC(=O)CSc2ccc(C(C)(C)C)cc2)c(C(=O)N2CCCC2)cc1OC. The largest absolute Gasteiger partial charge is 0.493 e. The fourth-order valence-electron chi connectivity index (χ4n) is 3.64. The number of nitrogens with zero attached hydrogens (tertiary/aromatic N) is 1. The molecule has 0 radical (unpaired) electrons. The van der Waals surface area contributed by atoms with Gasteiger partial charge in [0.1, 0.15) is 0 Å². The van der Waals surface area contributed by atoms with E-state index in [1.165, 1.54) is 31.5 Å². The van der Waals surface area contributed by atoms with Gasteiger partial charge in [-0.1, -0.05) is 32.9 Å². The summed E-state index contributed by atoms with van der Waals surface area (Å²) in [4.78, 5) is 28.6. The molecule has 172 valence electrons. The van der Waals surface area contributed by atoms with Gasteiger partial charge in [0.05, 0.1) is 31.2 Å². The average Bonchev–Trinajstić information content (AvgIpc) is 3.31. The fourth-order valence-corrected chi connectivity index (χ4v) is 4.33. The van der Waals surface area contributed by atoms with Crippen molar-refractivity contribution in [3.05, 3.63) is 47.5 Å². The fraction of sp³-hybridized carbons (Fsp3) is 0.440. The van der Waals surface area contributed by atoms with Crippen LogP contribution in [0.2, 0.25) is 0 Å². The van der Waals surface area contributed by atoms with E-state index in [9.17, 15) is 9.59 Å². The van der Waals surface area contributed by atoms with Gasteiger partial charge in [0, 0.05) is 24.1 Å². The minimum Gasteiger partial charge on any atom is -0.493 e. The Bertz CT molecular complexity index is 961. The number of benzene rings is 2. The van der Waals surface area contributed by atoms with Crippen molar-refractivity contribution in [2.75, 3.05) is 38.4 Å². The lowest BCUT2D eigenvalue weighted by atomic mass is 9.87. The summed E-state index contributed by atoms with van der Waals surface area (Å²) < 4.78 is 10.8. The topological polar surface area (TPSA) is 67.9 Å². The molecular formula is C25H32N2O4S. The molecule has 1 N–H and O–H groups in total. The Kier molecular flexibility index (Phi) is 7.72. The van der Waals surface area contributed by atoms with Crippen LogP contribution in [0.1, 0.15) is 49.5 Å². The molecule has 1 aliphatic rings. The molecule has 1 saturated heterocycles. The first-order valence-electron chi connectivity index (χ1n) is 10.8. The molecule has 6 nitrogen and oxygen atoms in total. The predicted molar refractivity (Wildman–Crippen MR) is 129 cm³/mol. The Balaban J connectivity index is 1.74. The summed E-state index contributed by atoms with van der Waals surface area (Å²) in [6.07, 6.45) is 1.98. The molecule has 0 aromatic heterocycles. The summed E-state index contributed by atoms with van der Waals surface area (Å²) in [6, 6.07) is 11.6. The van der Waals surface area contributed by atoms with Crippen LogP contribution in [0.4, 0.5) is 5.69 Å². The van der Waals surface area contributed by atoms with Crippen LogP contribution in [0.5, 0.6) is 11.5 Å². The van der Waals surface area contributed by atoms with Crippen molar-refractivity contribution in [2.45, 2.75) is 43.9 Å². The molecule has 0 aliphatic carbocycles. The van der Waals surface area contributed by atoms with Crippen molar-refractivity contribution in [3.63, 3.8) is 0 Å². The summed E-state index contributed by atoms with van der Waals surface area (Å²) in [5.74, 6) is 0.870. The van der Waals surface area contributed by atoms with Crippen LogP contribution in [0.15, 0.2) is 41.3 Å². The maximum Gasteiger partial charge on any atom is 0.256 e. The van der Waals surface area contributed by atoms with Crippen LogP contribution in [0.25, 0.3) is 0 Å². The highest BCUT2D eigenvalue weighted by Crippen LogP contribution is 2.35. The van der Waals surface area contributed by atoms with Crippen LogP contribution in [-0.2, 0) is 10.2 Å². The zero-order chi connectivity index (χ0) is 23.3. The minimum atomic E-state index is -0.183. The predicted octanol–water partition coefficient (Wildman–Crippen LogP) is 4.97. The molecule has 0 atom stereocenters. The van der Waals surface area contributed by atoms with E-state index in [2.05, 4.69) is 38.2 Å². The third-order valence-corrected chi connectivity index (χ3v) is 6.52. The lowest BCUT2D eigenvalue weighted by Gasteiger charge is -2.20. The lowest BCUT2D eigenvalue weighted by molar-refractivity contribution is -0.113. The van der Waals surface area contributed by atoms with Crippen molar-refractivity contribution in [2.24, 2.45) is 0 Å². The number of rotatable bonds is 7. The molecule has 1 aliphatic heterocycles. The van der Waals surface area contributed by atoms with Gasteiger partial charge in [0.15, 0.2) is 11.5 Å². The highest BCUT2D eigenvalue weighted by atomic mass is 32.2. The van der Waals surface area contributed by atoms with E-state index in [0.717, 1.165) is 30.8 Å². The Morgan fingerprint density at radius 1 is 1.00 bits per heavy atom. The first-order valence-corrected chi connectivity index (χ1v) is 11.8. The number of nitrogens with one attached hydrogen (secondary N) is 1. The molecule has 2 aromatic carbocycles. The van der Waals surface area contributed by atoms with Gasteiger partial charge in [-0.25, -0.2) is 0 Å². The molecular weight excluding hydrogens is 424 g/mol. The third kappa shape index (κ3) is 5.76. The molecule has 0 bridgehead atoms. The van der Waals surface area contributed by atoms with Crippen LogP contribution >= 0.6 is 11.8 Å². The van der Waals surface area contributed by atoms with Crippen molar-refractivity contribution in [1.29, 1.82) is 0 Å². The number of hydrogen-bond acceptors (Lipinski definition) is 5. The minimum absolute atomic E-state index is 0.0896. The second kappa shape index (κ2) is 10.3. The molecule has 0 unspecified atom stereocenters. The smallest absolute Gasteiger partial charge is 0.256 e. The monoisotopic (exact) mass is 456 g/mol. The number of hydrogen-bond donors (Lipinski definition) is 1. The molecule has 0 spiro atoms. The van der Waals surface area contributed by atoms with Crippen molar-refractivity contribution >= 4 is 29.3 Å². The average molecular weight is 457 g/mol. The summed E-state index contributed by atoms with van der Waals surface area (Å²) in [5.41, 5.74) is 2.19. The third-order valence-electron chi connectivity index (χ3n) is 5.51. The highest BCUT2D eigenvalue weighted by molar-refractivity contribution is 8.00. The quantitative estimate of drug-likeness (QED) is 0.596. The van der Waals surface area contributed by atoms with E-state index >= 15 is 0 Å².